The average Bonchev–Trinajstić information content (AvgIpc) is 2.41. The van der Waals surface area contributed by atoms with E-state index in [2.05, 4.69) is 56.8 Å². The lowest BCUT2D eigenvalue weighted by Gasteiger charge is -2.50. The van der Waals surface area contributed by atoms with Crippen LogP contribution in [0.4, 0.5) is 0 Å². The molecule has 0 aliphatic carbocycles. The number of hydrogen-bond donors (Lipinski definition) is 1. The van der Waals surface area contributed by atoms with Gasteiger partial charge >= 0.3 is 0 Å². The van der Waals surface area contributed by atoms with Crippen LogP contribution in [0.5, 0.6) is 0 Å². The fourth-order valence-corrected chi connectivity index (χ4v) is 4.19. The van der Waals surface area contributed by atoms with Crippen LogP contribution in [0, 0.1) is 11.8 Å². The van der Waals surface area contributed by atoms with Gasteiger partial charge in [-0.25, -0.2) is 0 Å². The average molecular weight is 296 g/mol. The first-order valence-corrected chi connectivity index (χ1v) is 9.07. The van der Waals surface area contributed by atoms with Gasteiger partial charge in [-0.15, -0.1) is 0 Å². The predicted molar refractivity (Wildman–Crippen MR) is 91.7 cm³/mol. The Bertz CT molecular complexity index is 316. The summed E-state index contributed by atoms with van der Waals surface area (Å²) in [6.07, 6.45) is 4.00. The van der Waals surface area contributed by atoms with E-state index >= 15 is 0 Å². The van der Waals surface area contributed by atoms with Crippen LogP contribution >= 0.6 is 0 Å². The van der Waals surface area contributed by atoms with Gasteiger partial charge in [-0.1, -0.05) is 27.7 Å². The normalized spacial score (nSPS) is 36.6. The molecule has 2 fully saturated rings. The topological polar surface area (TPSA) is 18.5 Å². The quantitative estimate of drug-likeness (QED) is 0.860. The molecule has 2 aliphatic heterocycles. The Morgan fingerprint density at radius 3 is 2.48 bits per heavy atom. The second-order valence-electron chi connectivity index (χ2n) is 8.25. The van der Waals surface area contributed by atoms with E-state index in [1.807, 2.05) is 0 Å². The van der Waals surface area contributed by atoms with Crippen LogP contribution in [0.2, 0.25) is 0 Å². The van der Waals surface area contributed by atoms with Crippen molar-refractivity contribution >= 4 is 0 Å². The SMILES string of the molecule is CC(C)CC1CN(C2CCN(C)C(C)C2)C(C(C)C)CN1. The molecule has 2 rings (SSSR count). The van der Waals surface area contributed by atoms with Crippen LogP contribution in [-0.4, -0.2) is 60.6 Å². The minimum Gasteiger partial charge on any atom is -0.311 e. The van der Waals surface area contributed by atoms with Crippen molar-refractivity contribution in [1.82, 2.24) is 15.1 Å². The maximum atomic E-state index is 3.82. The highest BCUT2D eigenvalue weighted by Crippen LogP contribution is 2.27. The van der Waals surface area contributed by atoms with Crippen molar-refractivity contribution in [2.45, 2.75) is 78.0 Å². The molecule has 3 heteroatoms. The second-order valence-corrected chi connectivity index (χ2v) is 8.25. The number of nitrogens with zero attached hydrogens (tertiary/aromatic N) is 2. The molecule has 1 N–H and O–H groups in total. The third kappa shape index (κ3) is 4.43. The summed E-state index contributed by atoms with van der Waals surface area (Å²) in [6.45, 7) is 15.6. The molecule has 2 heterocycles. The number of piperidine rings is 1. The van der Waals surface area contributed by atoms with Gasteiger partial charge in [0.2, 0.25) is 0 Å². The highest BCUT2D eigenvalue weighted by Gasteiger charge is 2.36. The Labute approximate surface area is 132 Å². The molecule has 21 heavy (non-hydrogen) atoms. The molecule has 0 aromatic carbocycles. The molecule has 4 unspecified atom stereocenters. The Morgan fingerprint density at radius 2 is 1.90 bits per heavy atom. The van der Waals surface area contributed by atoms with Gasteiger partial charge in [0.15, 0.2) is 0 Å². The van der Waals surface area contributed by atoms with Crippen molar-refractivity contribution in [3.63, 3.8) is 0 Å². The maximum Gasteiger partial charge on any atom is 0.0247 e. The monoisotopic (exact) mass is 295 g/mol. The minimum atomic E-state index is 0.690. The molecule has 2 aliphatic rings. The van der Waals surface area contributed by atoms with Crippen molar-refractivity contribution in [3.05, 3.63) is 0 Å². The van der Waals surface area contributed by atoms with Gasteiger partial charge in [0.1, 0.15) is 0 Å². The number of likely N-dealkylation sites (tertiary alicyclic amines) is 1. The Kier molecular flexibility index (Phi) is 6.10. The highest BCUT2D eigenvalue weighted by atomic mass is 15.3. The summed E-state index contributed by atoms with van der Waals surface area (Å²) < 4.78 is 0. The van der Waals surface area contributed by atoms with E-state index in [1.165, 1.54) is 38.9 Å². The van der Waals surface area contributed by atoms with Crippen LogP contribution < -0.4 is 5.32 Å². The zero-order valence-corrected chi connectivity index (χ0v) is 15.1. The first-order chi connectivity index (χ1) is 9.88. The molecule has 4 atom stereocenters. The van der Waals surface area contributed by atoms with E-state index in [0.29, 0.717) is 12.1 Å². The van der Waals surface area contributed by atoms with Gasteiger partial charge in [0, 0.05) is 37.3 Å². The van der Waals surface area contributed by atoms with Gasteiger partial charge in [0.05, 0.1) is 0 Å². The molecule has 0 spiro atoms. The minimum absolute atomic E-state index is 0.690. The fourth-order valence-electron chi connectivity index (χ4n) is 4.19. The summed E-state index contributed by atoms with van der Waals surface area (Å²) in [5.74, 6) is 1.53. The summed E-state index contributed by atoms with van der Waals surface area (Å²) >= 11 is 0. The van der Waals surface area contributed by atoms with E-state index in [0.717, 1.165) is 23.9 Å². The second kappa shape index (κ2) is 7.43. The number of nitrogens with one attached hydrogen (secondary N) is 1. The van der Waals surface area contributed by atoms with Crippen molar-refractivity contribution in [2.24, 2.45) is 11.8 Å². The lowest BCUT2D eigenvalue weighted by atomic mass is 9.89. The van der Waals surface area contributed by atoms with Crippen LogP contribution in [0.15, 0.2) is 0 Å². The molecule has 3 nitrogen and oxygen atoms in total. The summed E-state index contributed by atoms with van der Waals surface area (Å²) in [5.41, 5.74) is 0. The highest BCUT2D eigenvalue weighted by molar-refractivity contribution is 4.94. The summed E-state index contributed by atoms with van der Waals surface area (Å²) in [7, 11) is 2.28. The third-order valence-corrected chi connectivity index (χ3v) is 5.65. The van der Waals surface area contributed by atoms with Gasteiger partial charge in [0.25, 0.3) is 0 Å². The molecule has 0 bridgehead atoms. The molecule has 2 saturated heterocycles. The van der Waals surface area contributed by atoms with Gasteiger partial charge in [-0.05, 0) is 51.6 Å². The molecule has 0 saturated carbocycles. The Morgan fingerprint density at radius 1 is 1.19 bits per heavy atom. The van der Waals surface area contributed by atoms with Gasteiger partial charge in [-0.3, -0.25) is 4.90 Å². The van der Waals surface area contributed by atoms with Crippen LogP contribution in [-0.2, 0) is 0 Å². The smallest absolute Gasteiger partial charge is 0.0247 e. The summed E-state index contributed by atoms with van der Waals surface area (Å²) in [5, 5.41) is 3.82. The number of rotatable bonds is 4. The third-order valence-electron chi connectivity index (χ3n) is 5.65. The largest absolute Gasteiger partial charge is 0.311 e. The van der Waals surface area contributed by atoms with E-state index in [4.69, 9.17) is 0 Å². The molecular formula is C18H37N3. The number of piperazine rings is 1. The summed E-state index contributed by atoms with van der Waals surface area (Å²) in [4.78, 5) is 5.40. The van der Waals surface area contributed by atoms with Crippen molar-refractivity contribution in [3.8, 4) is 0 Å². The standard InChI is InChI=1S/C18H37N3/c1-13(2)9-16-12-21(18(11-19-16)14(3)4)17-7-8-20(6)15(5)10-17/h13-19H,7-12H2,1-6H3. The van der Waals surface area contributed by atoms with Crippen LogP contribution in [0.3, 0.4) is 0 Å². The van der Waals surface area contributed by atoms with Crippen molar-refractivity contribution < 1.29 is 0 Å². The van der Waals surface area contributed by atoms with Gasteiger partial charge < -0.3 is 10.2 Å². The lowest BCUT2D eigenvalue weighted by Crippen LogP contribution is -2.63. The van der Waals surface area contributed by atoms with E-state index in [1.54, 1.807) is 0 Å². The molecule has 0 radical (unpaired) electrons. The van der Waals surface area contributed by atoms with Crippen LogP contribution in [0.1, 0.15) is 53.9 Å². The zero-order valence-electron chi connectivity index (χ0n) is 15.1. The summed E-state index contributed by atoms with van der Waals surface area (Å²) in [6, 6.07) is 2.93. The van der Waals surface area contributed by atoms with E-state index < -0.39 is 0 Å². The zero-order chi connectivity index (χ0) is 15.6. The van der Waals surface area contributed by atoms with E-state index in [-0.39, 0.29) is 0 Å². The first kappa shape index (κ1) is 17.2. The first-order valence-electron chi connectivity index (χ1n) is 9.07. The fraction of sp³-hybridized carbons (Fsp3) is 1.00. The molecule has 0 aromatic rings. The molecule has 124 valence electrons. The Hall–Kier alpha value is -0.120. The predicted octanol–water partition coefficient (Wildman–Crippen LogP) is 2.81. The number of hydrogen-bond acceptors (Lipinski definition) is 3. The maximum absolute atomic E-state index is 3.82. The Balaban J connectivity index is 2.03. The van der Waals surface area contributed by atoms with Crippen molar-refractivity contribution in [2.75, 3.05) is 26.7 Å². The molecule has 0 aromatic heterocycles. The molecular weight excluding hydrogens is 258 g/mol. The van der Waals surface area contributed by atoms with E-state index in [9.17, 15) is 0 Å². The van der Waals surface area contributed by atoms with Crippen molar-refractivity contribution in [1.29, 1.82) is 0 Å². The molecule has 0 amide bonds. The van der Waals surface area contributed by atoms with Crippen LogP contribution in [0.25, 0.3) is 0 Å². The lowest BCUT2D eigenvalue weighted by molar-refractivity contribution is 0.0116. The van der Waals surface area contributed by atoms with Gasteiger partial charge in [-0.2, -0.15) is 0 Å².